The molecule has 0 atom stereocenters. The Morgan fingerprint density at radius 2 is 2.21 bits per heavy atom. The Kier molecular flexibility index (Phi) is 7.20. The van der Waals surface area contributed by atoms with Gasteiger partial charge in [0.15, 0.2) is 5.82 Å². The lowest BCUT2D eigenvalue weighted by Gasteiger charge is -2.07. The molecule has 1 rings (SSSR count). The molecule has 0 aliphatic carbocycles. The molecule has 0 aromatic carbocycles. The second-order valence-corrected chi connectivity index (χ2v) is 4.66. The molecular weight excluding hydrogens is 266 g/mol. The molecule has 0 saturated heterocycles. The van der Waals surface area contributed by atoms with Gasteiger partial charge in [-0.15, -0.1) is 0 Å². The number of carbonyl (C=O) groups excluding carboxylic acids is 1. The predicted molar refractivity (Wildman–Crippen MR) is 76.7 cm³/mol. The lowest BCUT2D eigenvalue weighted by Crippen LogP contribution is -2.11. The van der Waals surface area contributed by atoms with E-state index in [-0.39, 0.29) is 5.82 Å². The van der Waals surface area contributed by atoms with Crippen LogP contribution in [0.1, 0.15) is 37.0 Å². The number of aromatic nitrogens is 1. The largest absolute Gasteiger partial charge is 0.462 e. The van der Waals surface area contributed by atoms with Gasteiger partial charge in [-0.25, -0.2) is 4.79 Å². The lowest BCUT2D eigenvalue weighted by atomic mass is 10.3. The third-order valence-electron chi connectivity index (χ3n) is 2.30. The number of nitrogens with two attached hydrogens (primary N) is 1. The zero-order valence-electron chi connectivity index (χ0n) is 11.4. The molecule has 6 nitrogen and oxygen atoms in total. The second kappa shape index (κ2) is 8.71. The number of esters is 1. The summed E-state index contributed by atoms with van der Waals surface area (Å²) in [6.45, 7) is 6.33. The maximum Gasteiger partial charge on any atom is 0.344 e. The van der Waals surface area contributed by atoms with Gasteiger partial charge in [0, 0.05) is 19.8 Å². The predicted octanol–water partition coefficient (Wildman–Crippen LogP) is 2.13. The number of nitrogens with one attached hydrogen (secondary N) is 1. The van der Waals surface area contributed by atoms with Gasteiger partial charge in [0.2, 0.25) is 0 Å². The average Bonchev–Trinajstić information content (AvgIpc) is 2.75. The maximum absolute atomic E-state index is 11.7. The van der Waals surface area contributed by atoms with Crippen LogP contribution in [0.25, 0.3) is 0 Å². The number of hydrogen-bond acceptors (Lipinski definition) is 7. The lowest BCUT2D eigenvalue weighted by molar-refractivity contribution is 0.0529. The van der Waals surface area contributed by atoms with E-state index in [0.717, 1.165) is 19.4 Å². The summed E-state index contributed by atoms with van der Waals surface area (Å²) in [5.74, 6) is -0.216. The van der Waals surface area contributed by atoms with Crippen molar-refractivity contribution in [3.05, 3.63) is 5.56 Å². The number of anilines is 2. The number of hydrogen-bond donors (Lipinski definition) is 2. The molecule has 1 heterocycles. The van der Waals surface area contributed by atoms with Crippen LogP contribution in [0.5, 0.6) is 0 Å². The highest BCUT2D eigenvalue weighted by molar-refractivity contribution is 7.11. The van der Waals surface area contributed by atoms with Crippen LogP contribution >= 0.6 is 11.5 Å². The van der Waals surface area contributed by atoms with Crippen LogP contribution in [0, 0.1) is 0 Å². The van der Waals surface area contributed by atoms with Gasteiger partial charge in [-0.05, 0) is 31.3 Å². The Labute approximate surface area is 117 Å². The van der Waals surface area contributed by atoms with Crippen LogP contribution < -0.4 is 11.1 Å². The van der Waals surface area contributed by atoms with Gasteiger partial charge in [-0.3, -0.25) is 0 Å². The van der Waals surface area contributed by atoms with Crippen molar-refractivity contribution in [2.45, 2.75) is 26.7 Å². The van der Waals surface area contributed by atoms with E-state index < -0.39 is 5.97 Å². The molecule has 0 saturated carbocycles. The Morgan fingerprint density at radius 1 is 1.42 bits per heavy atom. The van der Waals surface area contributed by atoms with Crippen LogP contribution in [-0.4, -0.2) is 36.7 Å². The smallest absolute Gasteiger partial charge is 0.344 e. The van der Waals surface area contributed by atoms with Crippen LogP contribution in [-0.2, 0) is 9.47 Å². The van der Waals surface area contributed by atoms with E-state index in [1.165, 1.54) is 11.5 Å². The van der Waals surface area contributed by atoms with Crippen molar-refractivity contribution < 1.29 is 14.3 Å². The molecule has 0 aliphatic rings. The number of rotatable bonds is 9. The highest BCUT2D eigenvalue weighted by Gasteiger charge is 2.19. The minimum atomic E-state index is -0.432. The third-order valence-corrected chi connectivity index (χ3v) is 3.12. The van der Waals surface area contributed by atoms with Crippen molar-refractivity contribution in [3.63, 3.8) is 0 Å². The van der Waals surface area contributed by atoms with E-state index in [2.05, 4.69) is 16.6 Å². The van der Waals surface area contributed by atoms with Crippen LogP contribution in [0.4, 0.5) is 10.8 Å². The number of carbonyl (C=O) groups is 1. The molecule has 19 heavy (non-hydrogen) atoms. The van der Waals surface area contributed by atoms with Crippen molar-refractivity contribution in [3.8, 4) is 0 Å². The molecule has 108 valence electrons. The fraction of sp³-hybridized carbons (Fsp3) is 0.667. The Balaban J connectivity index is 2.43. The first-order chi connectivity index (χ1) is 9.20. The minimum absolute atomic E-state index is 0.216. The SMILES string of the molecule is CCCOCCCNc1snc(N)c1C(=O)OCC. The molecule has 3 N–H and O–H groups in total. The molecule has 0 aliphatic heterocycles. The summed E-state index contributed by atoms with van der Waals surface area (Å²) < 4.78 is 14.3. The van der Waals surface area contributed by atoms with Crippen LogP contribution in [0.3, 0.4) is 0 Å². The van der Waals surface area contributed by atoms with Crippen molar-refractivity contribution in [2.24, 2.45) is 0 Å². The van der Waals surface area contributed by atoms with Gasteiger partial charge >= 0.3 is 5.97 Å². The first-order valence-electron chi connectivity index (χ1n) is 6.44. The van der Waals surface area contributed by atoms with Gasteiger partial charge in [0.1, 0.15) is 10.6 Å². The number of ether oxygens (including phenoxy) is 2. The molecule has 0 bridgehead atoms. The average molecular weight is 287 g/mol. The quantitative estimate of drug-likeness (QED) is 0.534. The van der Waals surface area contributed by atoms with Gasteiger partial charge in [-0.2, -0.15) is 4.37 Å². The summed E-state index contributed by atoms with van der Waals surface area (Å²) in [7, 11) is 0. The maximum atomic E-state index is 11.7. The highest BCUT2D eigenvalue weighted by atomic mass is 32.1. The topological polar surface area (TPSA) is 86.5 Å². The van der Waals surface area contributed by atoms with Crippen LogP contribution in [0.15, 0.2) is 0 Å². The van der Waals surface area contributed by atoms with E-state index in [1.54, 1.807) is 6.92 Å². The van der Waals surface area contributed by atoms with Gasteiger partial charge in [0.05, 0.1) is 6.61 Å². The van der Waals surface area contributed by atoms with E-state index in [0.29, 0.717) is 30.3 Å². The molecule has 0 unspecified atom stereocenters. The van der Waals surface area contributed by atoms with Crippen molar-refractivity contribution in [2.75, 3.05) is 37.4 Å². The first kappa shape index (κ1) is 15.7. The number of nitrogen functional groups attached to an aromatic ring is 1. The second-order valence-electron chi connectivity index (χ2n) is 3.89. The summed E-state index contributed by atoms with van der Waals surface area (Å²) >= 11 is 1.17. The van der Waals surface area contributed by atoms with Crippen molar-refractivity contribution >= 4 is 28.3 Å². The summed E-state index contributed by atoms with van der Waals surface area (Å²) in [4.78, 5) is 11.7. The Bertz CT molecular complexity index is 396. The summed E-state index contributed by atoms with van der Waals surface area (Å²) in [5, 5.41) is 3.80. The molecule has 7 heteroatoms. The molecule has 1 aromatic rings. The standard InChI is InChI=1S/C12H21N3O3S/c1-3-7-17-8-5-6-14-11-9(10(13)15-19-11)12(16)18-4-2/h14H,3-8H2,1-2H3,(H2,13,15). The molecule has 0 radical (unpaired) electrons. The van der Waals surface area contributed by atoms with Crippen molar-refractivity contribution in [1.82, 2.24) is 4.37 Å². The van der Waals surface area contributed by atoms with Crippen LogP contribution in [0.2, 0.25) is 0 Å². The molecular formula is C12H21N3O3S. The molecule has 0 fully saturated rings. The Hall–Kier alpha value is -1.34. The first-order valence-corrected chi connectivity index (χ1v) is 7.21. The molecule has 0 amide bonds. The van der Waals surface area contributed by atoms with Gasteiger partial charge < -0.3 is 20.5 Å². The monoisotopic (exact) mass is 287 g/mol. The van der Waals surface area contributed by atoms with Gasteiger partial charge in [-0.1, -0.05) is 6.92 Å². The third kappa shape index (κ3) is 5.04. The minimum Gasteiger partial charge on any atom is -0.462 e. The highest BCUT2D eigenvalue weighted by Crippen LogP contribution is 2.27. The normalized spacial score (nSPS) is 10.4. The van der Waals surface area contributed by atoms with E-state index in [1.807, 2.05) is 0 Å². The summed E-state index contributed by atoms with van der Waals surface area (Å²) in [6, 6.07) is 0. The molecule has 1 aromatic heterocycles. The van der Waals surface area contributed by atoms with E-state index in [4.69, 9.17) is 15.2 Å². The molecule has 0 spiro atoms. The van der Waals surface area contributed by atoms with Gasteiger partial charge in [0.25, 0.3) is 0 Å². The Morgan fingerprint density at radius 3 is 2.89 bits per heavy atom. The van der Waals surface area contributed by atoms with E-state index >= 15 is 0 Å². The van der Waals surface area contributed by atoms with E-state index in [9.17, 15) is 4.79 Å². The summed E-state index contributed by atoms with van der Waals surface area (Å²) in [5.41, 5.74) is 6.01. The fourth-order valence-corrected chi connectivity index (χ4v) is 2.17. The van der Waals surface area contributed by atoms with Crippen molar-refractivity contribution in [1.29, 1.82) is 0 Å². The fourth-order valence-electron chi connectivity index (χ4n) is 1.45. The summed E-state index contributed by atoms with van der Waals surface area (Å²) in [6.07, 6.45) is 1.88. The zero-order valence-corrected chi connectivity index (χ0v) is 12.2. The number of nitrogens with zero attached hydrogens (tertiary/aromatic N) is 1. The zero-order chi connectivity index (χ0) is 14.1.